The molecular formula is C26H52OSi. The third-order valence-electron chi connectivity index (χ3n) is 8.25. The van der Waals surface area contributed by atoms with Crippen molar-refractivity contribution >= 4 is 8.32 Å². The molecule has 4 atom stereocenters. The molecule has 1 rings (SSSR count). The second-order valence-electron chi connectivity index (χ2n) is 12.2. The van der Waals surface area contributed by atoms with Crippen LogP contribution in [0.5, 0.6) is 0 Å². The highest BCUT2D eigenvalue weighted by atomic mass is 28.4. The Balaban J connectivity index is 2.73. The van der Waals surface area contributed by atoms with E-state index in [0.717, 1.165) is 30.3 Å². The molecule has 0 heterocycles. The summed E-state index contributed by atoms with van der Waals surface area (Å²) in [6, 6.07) is 0. The Hall–Kier alpha value is -0.0831. The maximum absolute atomic E-state index is 6.44. The smallest absolute Gasteiger partial charge is 0.191 e. The van der Waals surface area contributed by atoms with Gasteiger partial charge in [0, 0.05) is 6.61 Å². The van der Waals surface area contributed by atoms with E-state index in [2.05, 4.69) is 87.6 Å². The topological polar surface area (TPSA) is 9.23 Å². The van der Waals surface area contributed by atoms with Gasteiger partial charge < -0.3 is 4.43 Å². The molecule has 0 saturated heterocycles. The fourth-order valence-electron chi connectivity index (χ4n) is 4.40. The molecule has 1 aliphatic carbocycles. The summed E-state index contributed by atoms with van der Waals surface area (Å²) in [6.45, 7) is 27.2. The highest BCUT2D eigenvalue weighted by Crippen LogP contribution is 2.41. The molecule has 2 heteroatoms. The molecule has 0 aromatic rings. The van der Waals surface area contributed by atoms with Crippen molar-refractivity contribution in [2.75, 3.05) is 6.61 Å². The second kappa shape index (κ2) is 10.3. The molecule has 1 aliphatic rings. The van der Waals surface area contributed by atoms with Crippen molar-refractivity contribution in [3.8, 4) is 0 Å². The van der Waals surface area contributed by atoms with Crippen LogP contribution in [0, 0.1) is 35.0 Å². The lowest BCUT2D eigenvalue weighted by molar-refractivity contribution is 0.175. The Bertz CT molecular complexity index is 485. The molecule has 1 nitrogen and oxygen atoms in total. The van der Waals surface area contributed by atoms with Crippen LogP contribution >= 0.6 is 0 Å². The van der Waals surface area contributed by atoms with E-state index in [4.69, 9.17) is 4.43 Å². The molecule has 0 amide bonds. The Morgan fingerprint density at radius 3 is 2.14 bits per heavy atom. The van der Waals surface area contributed by atoms with Crippen LogP contribution in [0.3, 0.4) is 0 Å². The summed E-state index contributed by atoms with van der Waals surface area (Å²) < 4.78 is 6.44. The van der Waals surface area contributed by atoms with Crippen molar-refractivity contribution in [1.82, 2.24) is 0 Å². The summed E-state index contributed by atoms with van der Waals surface area (Å²) in [6.07, 6.45) is 11.8. The first-order valence-corrected chi connectivity index (χ1v) is 14.9. The molecular weight excluding hydrogens is 356 g/mol. The lowest BCUT2D eigenvalue weighted by Crippen LogP contribution is -2.41. The van der Waals surface area contributed by atoms with Gasteiger partial charge in [0.1, 0.15) is 0 Å². The Kier molecular flexibility index (Phi) is 9.54. The van der Waals surface area contributed by atoms with Gasteiger partial charge >= 0.3 is 0 Å². The first kappa shape index (κ1) is 26.0. The van der Waals surface area contributed by atoms with Crippen LogP contribution in [0.1, 0.15) is 94.4 Å². The lowest BCUT2D eigenvalue weighted by Gasteiger charge is -2.38. The summed E-state index contributed by atoms with van der Waals surface area (Å²) in [7, 11) is -1.62. The average Bonchev–Trinajstić information content (AvgIpc) is 2.55. The fourth-order valence-corrected chi connectivity index (χ4v) is 5.49. The number of hydrogen-bond donors (Lipinski definition) is 0. The Labute approximate surface area is 179 Å². The van der Waals surface area contributed by atoms with Crippen molar-refractivity contribution in [2.24, 2.45) is 35.0 Å². The van der Waals surface area contributed by atoms with E-state index >= 15 is 0 Å². The highest BCUT2D eigenvalue weighted by molar-refractivity contribution is 6.74. The molecule has 0 aliphatic heterocycles. The molecule has 0 aromatic heterocycles. The lowest BCUT2D eigenvalue weighted by atomic mass is 9.68. The predicted octanol–water partition coefficient (Wildman–Crippen LogP) is 8.72. The molecule has 166 valence electrons. The van der Waals surface area contributed by atoms with E-state index in [9.17, 15) is 0 Å². The second-order valence-corrected chi connectivity index (χ2v) is 17.0. The first-order chi connectivity index (χ1) is 12.7. The van der Waals surface area contributed by atoms with Crippen molar-refractivity contribution in [3.63, 3.8) is 0 Å². The Morgan fingerprint density at radius 2 is 1.64 bits per heavy atom. The predicted molar refractivity (Wildman–Crippen MR) is 129 cm³/mol. The molecule has 0 bridgehead atoms. The third kappa shape index (κ3) is 7.31. The van der Waals surface area contributed by atoms with Gasteiger partial charge in [0.15, 0.2) is 8.32 Å². The molecule has 0 spiro atoms. The minimum atomic E-state index is -1.62. The van der Waals surface area contributed by atoms with Crippen LogP contribution < -0.4 is 0 Å². The summed E-state index contributed by atoms with van der Waals surface area (Å²) in [5.41, 5.74) is 0.277. The van der Waals surface area contributed by atoms with Gasteiger partial charge in [0.25, 0.3) is 0 Å². The first-order valence-electron chi connectivity index (χ1n) is 12.0. The maximum atomic E-state index is 6.44. The van der Waals surface area contributed by atoms with Crippen molar-refractivity contribution in [1.29, 1.82) is 0 Å². The van der Waals surface area contributed by atoms with Crippen LogP contribution in [0.15, 0.2) is 12.2 Å². The molecule has 0 radical (unpaired) electrons. The van der Waals surface area contributed by atoms with Crippen LogP contribution in [-0.4, -0.2) is 14.9 Å². The molecule has 0 unspecified atom stereocenters. The van der Waals surface area contributed by atoms with E-state index in [1.54, 1.807) is 0 Å². The summed E-state index contributed by atoms with van der Waals surface area (Å²) in [5.74, 6) is 3.98. The van der Waals surface area contributed by atoms with Gasteiger partial charge in [0.2, 0.25) is 0 Å². The van der Waals surface area contributed by atoms with E-state index in [0.29, 0.717) is 11.0 Å². The van der Waals surface area contributed by atoms with Gasteiger partial charge in [-0.05, 0) is 78.8 Å². The zero-order valence-corrected chi connectivity index (χ0v) is 22.2. The standard InChI is InChI=1S/C26H52OSi/c1-20(2)24-14-13-22(5)19-23(24)15-17-26(9,21(3)4)16-12-18-27-28(10,11)25(6,7)8/h15,17,20-24H,12-14,16,18-19H2,1-11H3/b17-15+/t22-,23-,24+,26+/m1/s1. The number of allylic oxidation sites excluding steroid dienone is 2. The average molecular weight is 409 g/mol. The van der Waals surface area contributed by atoms with E-state index in [-0.39, 0.29) is 5.41 Å². The monoisotopic (exact) mass is 408 g/mol. The van der Waals surface area contributed by atoms with E-state index in [1.165, 1.54) is 32.1 Å². The summed E-state index contributed by atoms with van der Waals surface area (Å²) in [4.78, 5) is 0. The largest absolute Gasteiger partial charge is 0.417 e. The van der Waals surface area contributed by atoms with Crippen molar-refractivity contribution in [3.05, 3.63) is 12.2 Å². The normalized spacial score (nSPS) is 27.0. The van der Waals surface area contributed by atoms with Crippen LogP contribution in [-0.2, 0) is 4.43 Å². The van der Waals surface area contributed by atoms with Gasteiger partial charge in [-0.15, -0.1) is 0 Å². The summed E-state index contributed by atoms with van der Waals surface area (Å²) >= 11 is 0. The van der Waals surface area contributed by atoms with Gasteiger partial charge in [-0.3, -0.25) is 0 Å². The zero-order chi connectivity index (χ0) is 21.8. The molecule has 28 heavy (non-hydrogen) atoms. The van der Waals surface area contributed by atoms with Gasteiger partial charge in [-0.2, -0.15) is 0 Å². The van der Waals surface area contributed by atoms with Crippen LogP contribution in [0.25, 0.3) is 0 Å². The van der Waals surface area contributed by atoms with Gasteiger partial charge in [-0.25, -0.2) is 0 Å². The molecule has 0 N–H and O–H groups in total. The minimum absolute atomic E-state index is 0.277. The van der Waals surface area contributed by atoms with Gasteiger partial charge in [0.05, 0.1) is 0 Å². The zero-order valence-electron chi connectivity index (χ0n) is 21.2. The van der Waals surface area contributed by atoms with Crippen LogP contribution in [0.2, 0.25) is 18.1 Å². The molecule has 1 saturated carbocycles. The Morgan fingerprint density at radius 1 is 1.04 bits per heavy atom. The van der Waals surface area contributed by atoms with E-state index < -0.39 is 8.32 Å². The fraction of sp³-hybridized carbons (Fsp3) is 0.923. The third-order valence-corrected chi connectivity index (χ3v) is 12.8. The number of rotatable bonds is 9. The maximum Gasteiger partial charge on any atom is 0.191 e. The quantitative estimate of drug-likeness (QED) is 0.210. The molecule has 0 aromatic carbocycles. The van der Waals surface area contributed by atoms with Gasteiger partial charge in [-0.1, -0.05) is 80.9 Å². The minimum Gasteiger partial charge on any atom is -0.417 e. The van der Waals surface area contributed by atoms with Crippen LogP contribution in [0.4, 0.5) is 0 Å². The summed E-state index contributed by atoms with van der Waals surface area (Å²) in [5, 5.41) is 0.303. The van der Waals surface area contributed by atoms with Crippen molar-refractivity contribution < 1.29 is 4.43 Å². The van der Waals surface area contributed by atoms with Crippen molar-refractivity contribution in [2.45, 2.75) is 113 Å². The highest BCUT2D eigenvalue weighted by Gasteiger charge is 2.37. The molecule has 1 fully saturated rings. The number of hydrogen-bond acceptors (Lipinski definition) is 1. The van der Waals surface area contributed by atoms with E-state index in [1.807, 2.05) is 0 Å². The SMILES string of the molecule is CC(C)[C@@H]1CC[C@@H](C)C[C@H]1/C=C/[C@](C)(CCCO[Si](C)(C)C(C)(C)C)C(C)C.